The van der Waals surface area contributed by atoms with Crippen molar-refractivity contribution in [1.29, 1.82) is 0 Å². The molecular weight excluding hydrogens is 546 g/mol. The highest BCUT2D eigenvalue weighted by atomic mass is 127. The summed E-state index contributed by atoms with van der Waals surface area (Å²) in [5.41, 5.74) is 16.8. The Morgan fingerprint density at radius 2 is 0.885 bits per heavy atom. The molecule has 0 amide bonds. The Hall–Kier alpha value is -2.16. The maximum atomic E-state index is 6.16. The summed E-state index contributed by atoms with van der Waals surface area (Å²) in [7, 11) is 0. The van der Waals surface area contributed by atoms with E-state index < -0.39 is 0 Å². The summed E-state index contributed by atoms with van der Waals surface area (Å²) >= 11 is 4.53. The summed E-state index contributed by atoms with van der Waals surface area (Å²) in [6, 6.07) is 19.5. The van der Waals surface area contributed by atoms with E-state index in [9.17, 15) is 0 Å². The normalized spacial score (nSPS) is 9.62. The number of nitrogens with two attached hydrogens (primary N) is 2. The lowest BCUT2D eigenvalue weighted by atomic mass is 10.1. The van der Waals surface area contributed by atoms with Gasteiger partial charge in [-0.15, -0.1) is 0 Å². The van der Waals surface area contributed by atoms with E-state index in [2.05, 4.69) is 68.9 Å². The fraction of sp³-hybridized carbons (Fsp3) is 0. The van der Waals surface area contributed by atoms with Gasteiger partial charge < -0.3 is 11.5 Å². The third kappa shape index (κ3) is 4.51. The van der Waals surface area contributed by atoms with Gasteiger partial charge in [0.25, 0.3) is 0 Å². The average molecular weight is 560 g/mol. The van der Waals surface area contributed by atoms with Crippen molar-refractivity contribution in [2.45, 2.75) is 0 Å². The standard InChI is InChI=1S/C22H14I2N2/c23-19-7-3-1-5-15(19)9-11-17-13-22(26)18(14-21(17)25)12-10-16-6-2-4-8-20(16)24/h1-8,13-14H,25-26H2. The molecule has 0 spiro atoms. The molecule has 0 aliphatic heterocycles. The van der Waals surface area contributed by atoms with Crippen LogP contribution in [0.3, 0.4) is 0 Å². The molecule has 3 aromatic carbocycles. The van der Waals surface area contributed by atoms with Crippen LogP contribution in [0.15, 0.2) is 60.7 Å². The van der Waals surface area contributed by atoms with Crippen molar-refractivity contribution >= 4 is 56.6 Å². The summed E-state index contributed by atoms with van der Waals surface area (Å²) in [6.45, 7) is 0. The summed E-state index contributed by atoms with van der Waals surface area (Å²) in [6.07, 6.45) is 0. The Bertz CT molecular complexity index is 1010. The third-order valence-corrected chi connectivity index (χ3v) is 5.51. The van der Waals surface area contributed by atoms with Crippen LogP contribution in [-0.2, 0) is 0 Å². The second-order valence-electron chi connectivity index (χ2n) is 5.49. The Morgan fingerprint density at radius 1 is 0.538 bits per heavy atom. The van der Waals surface area contributed by atoms with Crippen molar-refractivity contribution in [1.82, 2.24) is 0 Å². The zero-order valence-corrected chi connectivity index (χ0v) is 18.0. The van der Waals surface area contributed by atoms with Crippen LogP contribution < -0.4 is 11.5 Å². The predicted molar refractivity (Wildman–Crippen MR) is 126 cm³/mol. The van der Waals surface area contributed by atoms with Gasteiger partial charge in [-0.05, 0) is 81.6 Å². The second kappa shape index (κ2) is 8.48. The quantitative estimate of drug-likeness (QED) is 0.235. The first-order valence-electron chi connectivity index (χ1n) is 7.76. The minimum absolute atomic E-state index is 0.574. The van der Waals surface area contributed by atoms with E-state index >= 15 is 0 Å². The number of hydrogen-bond acceptors (Lipinski definition) is 2. The summed E-state index contributed by atoms with van der Waals surface area (Å²) in [5, 5.41) is 0. The first kappa shape index (κ1) is 18.6. The van der Waals surface area contributed by atoms with Crippen molar-refractivity contribution in [2.75, 3.05) is 11.5 Å². The molecule has 0 radical (unpaired) electrons. The lowest BCUT2D eigenvalue weighted by molar-refractivity contribution is 1.55. The Labute approximate surface area is 180 Å². The molecule has 0 saturated heterocycles. The smallest absolute Gasteiger partial charge is 0.0500 e. The molecule has 26 heavy (non-hydrogen) atoms. The van der Waals surface area contributed by atoms with Crippen LogP contribution in [0.1, 0.15) is 22.3 Å². The fourth-order valence-corrected chi connectivity index (χ4v) is 3.29. The highest BCUT2D eigenvalue weighted by molar-refractivity contribution is 14.1. The Kier molecular flexibility index (Phi) is 6.08. The molecule has 0 heterocycles. The second-order valence-corrected chi connectivity index (χ2v) is 7.81. The Balaban J connectivity index is 1.93. The lowest BCUT2D eigenvalue weighted by Gasteiger charge is -2.04. The molecule has 0 bridgehead atoms. The van der Waals surface area contributed by atoms with Gasteiger partial charge in [-0.25, -0.2) is 0 Å². The molecule has 3 rings (SSSR count). The van der Waals surface area contributed by atoms with E-state index in [-0.39, 0.29) is 0 Å². The number of nitrogen functional groups attached to an aromatic ring is 2. The molecule has 3 aromatic rings. The number of benzene rings is 3. The van der Waals surface area contributed by atoms with Gasteiger partial charge in [0.05, 0.1) is 0 Å². The molecule has 4 N–H and O–H groups in total. The van der Waals surface area contributed by atoms with Gasteiger partial charge in [-0.3, -0.25) is 0 Å². The summed E-state index contributed by atoms with van der Waals surface area (Å²) < 4.78 is 2.20. The minimum Gasteiger partial charge on any atom is -0.398 e. The van der Waals surface area contributed by atoms with E-state index in [1.165, 1.54) is 0 Å². The average Bonchev–Trinajstić information content (AvgIpc) is 2.63. The molecule has 2 nitrogen and oxygen atoms in total. The summed E-state index contributed by atoms with van der Waals surface area (Å²) in [5.74, 6) is 12.5. The largest absolute Gasteiger partial charge is 0.398 e. The van der Waals surface area contributed by atoms with E-state index in [4.69, 9.17) is 11.5 Å². The van der Waals surface area contributed by atoms with Crippen LogP contribution in [0.4, 0.5) is 11.4 Å². The molecule has 126 valence electrons. The zero-order valence-electron chi connectivity index (χ0n) is 13.7. The van der Waals surface area contributed by atoms with Crippen molar-refractivity contribution in [2.24, 2.45) is 0 Å². The predicted octanol–water partition coefficient (Wildman–Crippen LogP) is 4.86. The Morgan fingerprint density at radius 3 is 1.27 bits per heavy atom. The van der Waals surface area contributed by atoms with E-state index in [1.807, 2.05) is 48.5 Å². The van der Waals surface area contributed by atoms with Gasteiger partial charge in [-0.1, -0.05) is 47.9 Å². The number of halogens is 2. The van der Waals surface area contributed by atoms with Crippen LogP contribution in [-0.4, -0.2) is 0 Å². The van der Waals surface area contributed by atoms with Gasteiger partial charge in [-0.2, -0.15) is 0 Å². The van der Waals surface area contributed by atoms with Crippen LogP contribution in [0.5, 0.6) is 0 Å². The van der Waals surface area contributed by atoms with Gasteiger partial charge in [0.15, 0.2) is 0 Å². The van der Waals surface area contributed by atoms with Crippen LogP contribution in [0.2, 0.25) is 0 Å². The van der Waals surface area contributed by atoms with Crippen molar-refractivity contribution in [3.05, 3.63) is 90.1 Å². The molecule has 0 aromatic heterocycles. The van der Waals surface area contributed by atoms with E-state index in [0.29, 0.717) is 22.5 Å². The van der Waals surface area contributed by atoms with Crippen molar-refractivity contribution < 1.29 is 0 Å². The summed E-state index contributed by atoms with van der Waals surface area (Å²) in [4.78, 5) is 0. The first-order chi connectivity index (χ1) is 12.5. The van der Waals surface area contributed by atoms with Crippen LogP contribution >= 0.6 is 45.2 Å². The van der Waals surface area contributed by atoms with Crippen LogP contribution in [0.25, 0.3) is 0 Å². The van der Waals surface area contributed by atoms with Crippen LogP contribution in [0, 0.1) is 30.8 Å². The van der Waals surface area contributed by atoms with E-state index in [0.717, 1.165) is 18.3 Å². The number of anilines is 2. The molecule has 4 heteroatoms. The first-order valence-corrected chi connectivity index (χ1v) is 9.92. The topological polar surface area (TPSA) is 52.0 Å². The minimum atomic E-state index is 0.574. The van der Waals surface area contributed by atoms with Gasteiger partial charge in [0, 0.05) is 40.8 Å². The number of hydrogen-bond donors (Lipinski definition) is 2. The van der Waals surface area contributed by atoms with Crippen molar-refractivity contribution in [3.8, 4) is 23.7 Å². The molecule has 0 aliphatic carbocycles. The molecule has 0 fully saturated rings. The fourth-order valence-electron chi connectivity index (χ4n) is 2.24. The maximum absolute atomic E-state index is 6.16. The molecular formula is C22H14I2N2. The monoisotopic (exact) mass is 560 g/mol. The molecule has 0 saturated carbocycles. The third-order valence-electron chi connectivity index (χ3n) is 3.63. The SMILES string of the molecule is Nc1cc(C#Cc2ccccc2I)c(N)cc1C#Cc1ccccc1I. The van der Waals surface area contributed by atoms with Gasteiger partial charge in [0.1, 0.15) is 0 Å². The highest BCUT2D eigenvalue weighted by Gasteiger charge is 2.03. The maximum Gasteiger partial charge on any atom is 0.0500 e. The van der Waals surface area contributed by atoms with E-state index in [1.54, 1.807) is 12.1 Å². The molecule has 0 atom stereocenters. The van der Waals surface area contributed by atoms with Crippen molar-refractivity contribution in [3.63, 3.8) is 0 Å². The number of rotatable bonds is 0. The zero-order chi connectivity index (χ0) is 18.5. The van der Waals surface area contributed by atoms with Gasteiger partial charge in [0.2, 0.25) is 0 Å². The molecule has 0 aliphatic rings. The lowest BCUT2D eigenvalue weighted by Crippen LogP contribution is -1.97. The van der Waals surface area contributed by atoms with Gasteiger partial charge >= 0.3 is 0 Å². The highest BCUT2D eigenvalue weighted by Crippen LogP contribution is 2.21. The molecule has 0 unspecified atom stereocenters.